The molecule has 128 valence electrons. The van der Waals surface area contributed by atoms with Gasteiger partial charge in [-0.2, -0.15) is 0 Å². The third-order valence-corrected chi connectivity index (χ3v) is 4.64. The van der Waals surface area contributed by atoms with Gasteiger partial charge in [0.25, 0.3) is 5.91 Å². The van der Waals surface area contributed by atoms with Crippen molar-refractivity contribution in [1.29, 1.82) is 0 Å². The summed E-state index contributed by atoms with van der Waals surface area (Å²) in [4.78, 5) is 22.9. The summed E-state index contributed by atoms with van der Waals surface area (Å²) in [5.41, 5.74) is 3.57. The number of thiazole rings is 1. The molecule has 6 heteroatoms. The number of nitrogens with one attached hydrogen (secondary N) is 1. The van der Waals surface area contributed by atoms with E-state index in [1.54, 1.807) is 23.5 Å². The van der Waals surface area contributed by atoms with E-state index in [-0.39, 0.29) is 5.91 Å². The average Bonchev–Trinajstić information content (AvgIpc) is 3.10. The summed E-state index contributed by atoms with van der Waals surface area (Å²) in [6.45, 7) is 2.64. The molecule has 0 bridgehead atoms. The second kappa shape index (κ2) is 7.90. The lowest BCUT2D eigenvalue weighted by molar-refractivity contribution is 0.0791. The molecule has 2 heterocycles. The van der Waals surface area contributed by atoms with Crippen molar-refractivity contribution in [2.75, 3.05) is 18.9 Å². The number of anilines is 2. The van der Waals surface area contributed by atoms with Crippen molar-refractivity contribution in [2.24, 2.45) is 0 Å². The highest BCUT2D eigenvalue weighted by atomic mass is 32.1. The van der Waals surface area contributed by atoms with Crippen LogP contribution in [-0.2, 0) is 6.42 Å². The number of para-hydroxylation sites is 1. The lowest BCUT2D eigenvalue weighted by atomic mass is 10.2. The fraction of sp³-hybridized carbons (Fsp3) is 0.211. The number of nitrogens with zero attached hydrogens (tertiary/aromatic N) is 3. The highest BCUT2D eigenvalue weighted by Crippen LogP contribution is 2.23. The fourth-order valence-corrected chi connectivity index (χ4v) is 3.08. The van der Waals surface area contributed by atoms with Gasteiger partial charge in [0, 0.05) is 43.0 Å². The van der Waals surface area contributed by atoms with Gasteiger partial charge in [0.1, 0.15) is 5.69 Å². The molecule has 1 N–H and O–H groups in total. The Morgan fingerprint density at radius 2 is 2.00 bits per heavy atom. The van der Waals surface area contributed by atoms with Gasteiger partial charge in [-0.05, 0) is 30.7 Å². The lowest BCUT2D eigenvalue weighted by Crippen LogP contribution is -2.29. The third kappa shape index (κ3) is 4.42. The van der Waals surface area contributed by atoms with Crippen LogP contribution in [0.3, 0.4) is 0 Å². The molecular formula is C19H20N4OS. The molecule has 0 unspecified atom stereocenters. The molecule has 0 atom stereocenters. The Balaban J connectivity index is 1.61. The fourth-order valence-electron chi connectivity index (χ4n) is 2.38. The highest BCUT2D eigenvalue weighted by molar-refractivity contribution is 7.14. The molecule has 0 fully saturated rings. The summed E-state index contributed by atoms with van der Waals surface area (Å²) in [5.74, 6) is -0.0787. The first-order valence-corrected chi connectivity index (χ1v) is 8.95. The van der Waals surface area contributed by atoms with Crippen LogP contribution in [0.5, 0.6) is 0 Å². The maximum Gasteiger partial charge on any atom is 0.273 e. The van der Waals surface area contributed by atoms with Gasteiger partial charge in [0.05, 0.1) is 0 Å². The van der Waals surface area contributed by atoms with Crippen LogP contribution >= 0.6 is 11.3 Å². The van der Waals surface area contributed by atoms with E-state index in [2.05, 4.69) is 15.3 Å². The highest BCUT2D eigenvalue weighted by Gasteiger charge is 2.16. The molecule has 0 spiro atoms. The summed E-state index contributed by atoms with van der Waals surface area (Å²) >= 11 is 1.43. The Morgan fingerprint density at radius 3 is 2.76 bits per heavy atom. The van der Waals surface area contributed by atoms with E-state index in [9.17, 15) is 4.79 Å². The minimum absolute atomic E-state index is 0.0787. The monoisotopic (exact) mass is 352 g/mol. The van der Waals surface area contributed by atoms with Crippen molar-refractivity contribution in [3.63, 3.8) is 0 Å². The Kier molecular flexibility index (Phi) is 5.40. The largest absolute Gasteiger partial charge is 0.340 e. The van der Waals surface area contributed by atoms with Crippen LogP contribution in [0.25, 0.3) is 0 Å². The van der Waals surface area contributed by atoms with Crippen molar-refractivity contribution < 1.29 is 4.79 Å². The van der Waals surface area contributed by atoms with E-state index in [1.807, 2.05) is 49.4 Å². The molecule has 0 radical (unpaired) electrons. The standard InChI is InChI=1S/C19H20N4OS/c1-14-7-3-4-9-16(14)21-19-22-17(13-25-19)18(24)23(2)12-10-15-8-5-6-11-20-15/h3-9,11,13H,10,12H2,1-2H3,(H,21,22). The van der Waals surface area contributed by atoms with Crippen LogP contribution in [0, 0.1) is 6.92 Å². The normalized spacial score (nSPS) is 10.5. The smallest absolute Gasteiger partial charge is 0.273 e. The molecule has 3 rings (SSSR count). The Hall–Kier alpha value is -2.73. The molecule has 2 aromatic heterocycles. The number of rotatable bonds is 6. The van der Waals surface area contributed by atoms with Crippen molar-refractivity contribution >= 4 is 28.1 Å². The van der Waals surface area contributed by atoms with E-state index >= 15 is 0 Å². The van der Waals surface area contributed by atoms with Crippen LogP contribution in [0.15, 0.2) is 54.0 Å². The molecule has 3 aromatic rings. The summed E-state index contributed by atoms with van der Waals surface area (Å²) in [6.07, 6.45) is 2.49. The zero-order valence-electron chi connectivity index (χ0n) is 14.3. The van der Waals surface area contributed by atoms with Gasteiger partial charge in [-0.3, -0.25) is 9.78 Å². The molecule has 0 saturated heterocycles. The number of aromatic nitrogens is 2. The van der Waals surface area contributed by atoms with Gasteiger partial charge >= 0.3 is 0 Å². The molecule has 25 heavy (non-hydrogen) atoms. The molecule has 0 aliphatic carbocycles. The number of amides is 1. The number of carbonyl (C=O) groups excluding carboxylic acids is 1. The van der Waals surface area contributed by atoms with E-state index in [1.165, 1.54) is 11.3 Å². The molecule has 1 aromatic carbocycles. The van der Waals surface area contributed by atoms with Crippen molar-refractivity contribution in [2.45, 2.75) is 13.3 Å². The Bertz CT molecular complexity index is 847. The number of hydrogen-bond acceptors (Lipinski definition) is 5. The number of likely N-dealkylation sites (N-methyl/N-ethyl adjacent to an activating group) is 1. The maximum absolute atomic E-state index is 12.5. The second-order valence-corrected chi connectivity index (χ2v) is 6.63. The molecular weight excluding hydrogens is 332 g/mol. The first-order valence-electron chi connectivity index (χ1n) is 8.07. The zero-order valence-corrected chi connectivity index (χ0v) is 15.1. The summed E-state index contributed by atoms with van der Waals surface area (Å²) in [7, 11) is 1.79. The van der Waals surface area contributed by atoms with E-state index in [0.717, 1.165) is 28.5 Å². The lowest BCUT2D eigenvalue weighted by Gasteiger charge is -2.15. The quantitative estimate of drug-likeness (QED) is 0.731. The Morgan fingerprint density at radius 1 is 1.20 bits per heavy atom. The van der Waals surface area contributed by atoms with E-state index in [4.69, 9.17) is 0 Å². The van der Waals surface area contributed by atoms with Crippen LogP contribution in [0.2, 0.25) is 0 Å². The van der Waals surface area contributed by atoms with E-state index in [0.29, 0.717) is 12.2 Å². The molecule has 0 saturated carbocycles. The molecule has 5 nitrogen and oxygen atoms in total. The summed E-state index contributed by atoms with van der Waals surface area (Å²) < 4.78 is 0. The van der Waals surface area contributed by atoms with Gasteiger partial charge in [-0.25, -0.2) is 4.98 Å². The van der Waals surface area contributed by atoms with Gasteiger partial charge in [-0.15, -0.1) is 11.3 Å². The number of benzene rings is 1. The van der Waals surface area contributed by atoms with Gasteiger partial charge in [0.15, 0.2) is 5.13 Å². The first-order chi connectivity index (χ1) is 12.1. The Labute approximate surface area is 151 Å². The second-order valence-electron chi connectivity index (χ2n) is 5.78. The predicted molar refractivity (Wildman–Crippen MR) is 101 cm³/mol. The molecule has 0 aliphatic heterocycles. The molecule has 1 amide bonds. The van der Waals surface area contributed by atoms with Gasteiger partial charge < -0.3 is 10.2 Å². The van der Waals surface area contributed by atoms with Crippen LogP contribution in [0.4, 0.5) is 10.8 Å². The van der Waals surface area contributed by atoms with Crippen molar-refractivity contribution in [1.82, 2.24) is 14.9 Å². The van der Waals surface area contributed by atoms with Gasteiger partial charge in [-0.1, -0.05) is 24.3 Å². The average molecular weight is 352 g/mol. The van der Waals surface area contributed by atoms with Gasteiger partial charge in [0.2, 0.25) is 0 Å². The SMILES string of the molecule is Cc1ccccc1Nc1nc(C(=O)N(C)CCc2ccccn2)cs1. The maximum atomic E-state index is 12.5. The van der Waals surface area contributed by atoms with Crippen LogP contribution in [-0.4, -0.2) is 34.4 Å². The summed E-state index contributed by atoms with van der Waals surface area (Å²) in [5, 5.41) is 5.78. The third-order valence-electron chi connectivity index (χ3n) is 3.89. The zero-order chi connectivity index (χ0) is 17.6. The number of hydrogen-bond donors (Lipinski definition) is 1. The predicted octanol–water partition coefficient (Wildman–Crippen LogP) is 3.90. The van der Waals surface area contributed by atoms with Crippen molar-refractivity contribution in [3.8, 4) is 0 Å². The number of pyridine rings is 1. The molecule has 0 aliphatic rings. The number of carbonyl (C=O) groups is 1. The summed E-state index contributed by atoms with van der Waals surface area (Å²) in [6, 6.07) is 13.8. The minimum Gasteiger partial charge on any atom is -0.340 e. The first kappa shape index (κ1) is 17.1. The van der Waals surface area contributed by atoms with E-state index < -0.39 is 0 Å². The van der Waals surface area contributed by atoms with Crippen LogP contribution < -0.4 is 5.32 Å². The number of aryl methyl sites for hydroxylation is 1. The topological polar surface area (TPSA) is 58.1 Å². The van der Waals surface area contributed by atoms with Crippen LogP contribution in [0.1, 0.15) is 21.7 Å². The minimum atomic E-state index is -0.0787. The van der Waals surface area contributed by atoms with Crippen molar-refractivity contribution in [3.05, 3.63) is 71.0 Å².